The third-order valence-corrected chi connectivity index (χ3v) is 3.06. The summed E-state index contributed by atoms with van der Waals surface area (Å²) in [4.78, 5) is 0. The van der Waals surface area contributed by atoms with E-state index in [1.807, 2.05) is 0 Å². The molecule has 0 bridgehead atoms. The van der Waals surface area contributed by atoms with Crippen molar-refractivity contribution in [3.8, 4) is 0 Å². The zero-order valence-corrected chi connectivity index (χ0v) is 10.5. The first kappa shape index (κ1) is 13.9. The van der Waals surface area contributed by atoms with Crippen molar-refractivity contribution in [2.24, 2.45) is 0 Å². The Morgan fingerprint density at radius 2 is 1.84 bits per heavy atom. The van der Waals surface area contributed by atoms with Crippen LogP contribution in [-0.2, 0) is 6.42 Å². The topological polar surface area (TPSA) is 20.2 Å². The van der Waals surface area contributed by atoms with Gasteiger partial charge in [0.2, 0.25) is 0 Å². The molecular formula is C14H10ClF3O. The van der Waals surface area contributed by atoms with Gasteiger partial charge in [-0.25, -0.2) is 13.2 Å². The highest BCUT2D eigenvalue weighted by Gasteiger charge is 2.17. The van der Waals surface area contributed by atoms with Crippen LogP contribution in [0.3, 0.4) is 0 Å². The van der Waals surface area contributed by atoms with Crippen LogP contribution >= 0.6 is 11.6 Å². The molecule has 5 heteroatoms. The fourth-order valence-electron chi connectivity index (χ4n) is 1.78. The third kappa shape index (κ3) is 3.08. The van der Waals surface area contributed by atoms with Crippen molar-refractivity contribution in [1.82, 2.24) is 0 Å². The van der Waals surface area contributed by atoms with Crippen molar-refractivity contribution in [2.45, 2.75) is 12.5 Å². The zero-order valence-electron chi connectivity index (χ0n) is 9.71. The lowest BCUT2D eigenvalue weighted by Gasteiger charge is -2.13. The Morgan fingerprint density at radius 1 is 1.11 bits per heavy atom. The van der Waals surface area contributed by atoms with Crippen LogP contribution in [0.1, 0.15) is 17.2 Å². The maximum atomic E-state index is 13.7. The van der Waals surface area contributed by atoms with E-state index in [9.17, 15) is 18.3 Å². The first-order valence-corrected chi connectivity index (χ1v) is 5.92. The maximum absolute atomic E-state index is 13.7. The summed E-state index contributed by atoms with van der Waals surface area (Å²) in [5.41, 5.74) is 0.0875. The molecule has 0 saturated heterocycles. The van der Waals surface area contributed by atoms with Crippen molar-refractivity contribution in [3.05, 3.63) is 70.0 Å². The molecule has 0 amide bonds. The summed E-state index contributed by atoms with van der Waals surface area (Å²) in [6, 6.07) is 7.23. The van der Waals surface area contributed by atoms with Gasteiger partial charge in [-0.05, 0) is 17.7 Å². The van der Waals surface area contributed by atoms with Gasteiger partial charge in [0, 0.05) is 18.1 Å². The summed E-state index contributed by atoms with van der Waals surface area (Å²) in [5, 5.41) is 9.80. The predicted octanol–water partition coefficient (Wildman–Crippen LogP) is 4.03. The molecule has 0 aliphatic carbocycles. The second kappa shape index (κ2) is 5.63. The lowest BCUT2D eigenvalue weighted by molar-refractivity contribution is 0.172. The van der Waals surface area contributed by atoms with Gasteiger partial charge < -0.3 is 5.11 Å². The van der Waals surface area contributed by atoms with Crippen LogP contribution in [0, 0.1) is 17.5 Å². The Hall–Kier alpha value is -1.52. The Morgan fingerprint density at radius 3 is 2.53 bits per heavy atom. The molecule has 0 fully saturated rings. The minimum atomic E-state index is -1.25. The quantitative estimate of drug-likeness (QED) is 0.903. The molecule has 0 heterocycles. The number of benzene rings is 2. The molecule has 1 N–H and O–H groups in total. The van der Waals surface area contributed by atoms with Gasteiger partial charge >= 0.3 is 0 Å². The second-order valence-electron chi connectivity index (χ2n) is 4.10. The highest BCUT2D eigenvalue weighted by Crippen LogP contribution is 2.26. The van der Waals surface area contributed by atoms with Gasteiger partial charge in [-0.1, -0.05) is 29.8 Å². The van der Waals surface area contributed by atoms with Crippen LogP contribution in [0.25, 0.3) is 0 Å². The van der Waals surface area contributed by atoms with Crippen LogP contribution in [0.15, 0.2) is 36.4 Å². The van der Waals surface area contributed by atoms with Gasteiger partial charge in [-0.15, -0.1) is 0 Å². The Labute approximate surface area is 113 Å². The molecule has 1 atom stereocenters. The summed E-state index contributed by atoms with van der Waals surface area (Å²) in [6.07, 6.45) is -1.41. The second-order valence-corrected chi connectivity index (χ2v) is 4.51. The summed E-state index contributed by atoms with van der Waals surface area (Å²) in [7, 11) is 0. The average Bonchev–Trinajstić information content (AvgIpc) is 2.36. The van der Waals surface area contributed by atoms with Crippen molar-refractivity contribution in [1.29, 1.82) is 0 Å². The van der Waals surface area contributed by atoms with Crippen LogP contribution in [0.2, 0.25) is 5.02 Å². The van der Waals surface area contributed by atoms with Gasteiger partial charge in [-0.2, -0.15) is 0 Å². The number of aliphatic hydroxyl groups is 1. The summed E-state index contributed by atoms with van der Waals surface area (Å²) < 4.78 is 39.9. The summed E-state index contributed by atoms with van der Waals surface area (Å²) in [5.74, 6) is -2.22. The lowest BCUT2D eigenvalue weighted by Crippen LogP contribution is -2.06. The molecule has 2 rings (SSSR count). The molecule has 0 radical (unpaired) electrons. The van der Waals surface area contributed by atoms with E-state index in [4.69, 9.17) is 11.6 Å². The smallest absolute Gasteiger partial charge is 0.147 e. The van der Waals surface area contributed by atoms with Gasteiger partial charge in [0.25, 0.3) is 0 Å². The van der Waals surface area contributed by atoms with E-state index in [0.29, 0.717) is 0 Å². The fraction of sp³-hybridized carbons (Fsp3) is 0.143. The molecule has 19 heavy (non-hydrogen) atoms. The number of hydrogen-bond acceptors (Lipinski definition) is 1. The highest BCUT2D eigenvalue weighted by molar-refractivity contribution is 6.30. The van der Waals surface area contributed by atoms with Crippen LogP contribution in [0.4, 0.5) is 13.2 Å². The standard InChI is InChI=1S/C14H10ClF3O/c15-11-3-1-2-10(14(11)18)13(19)6-8-4-5-9(16)7-12(8)17/h1-5,7,13,19H,6H2. The SMILES string of the molecule is OC(Cc1ccc(F)cc1F)c1cccc(Cl)c1F. The van der Waals surface area contributed by atoms with Gasteiger partial charge in [0.05, 0.1) is 11.1 Å². The van der Waals surface area contributed by atoms with Crippen LogP contribution < -0.4 is 0 Å². The van der Waals surface area contributed by atoms with E-state index in [2.05, 4.69) is 0 Å². The van der Waals surface area contributed by atoms with Gasteiger partial charge in [0.15, 0.2) is 0 Å². The number of hydrogen-bond donors (Lipinski definition) is 1. The molecule has 2 aromatic rings. The van der Waals surface area contributed by atoms with Gasteiger partial charge in [0.1, 0.15) is 17.5 Å². The largest absolute Gasteiger partial charge is 0.388 e. The molecule has 0 spiro atoms. The maximum Gasteiger partial charge on any atom is 0.147 e. The number of halogens is 4. The first-order valence-electron chi connectivity index (χ1n) is 5.55. The predicted molar refractivity (Wildman–Crippen MR) is 66.4 cm³/mol. The lowest BCUT2D eigenvalue weighted by atomic mass is 10.0. The molecule has 0 aliphatic rings. The van der Waals surface area contributed by atoms with E-state index in [-0.39, 0.29) is 22.6 Å². The van der Waals surface area contributed by atoms with Crippen LogP contribution in [0.5, 0.6) is 0 Å². The van der Waals surface area contributed by atoms with Crippen LogP contribution in [-0.4, -0.2) is 5.11 Å². The molecule has 0 saturated carbocycles. The Bertz CT molecular complexity index is 601. The molecular weight excluding hydrogens is 277 g/mol. The third-order valence-electron chi connectivity index (χ3n) is 2.77. The van der Waals surface area contributed by atoms with E-state index in [1.165, 1.54) is 24.3 Å². The summed E-state index contributed by atoms with van der Waals surface area (Å²) >= 11 is 5.60. The van der Waals surface area contributed by atoms with E-state index in [0.717, 1.165) is 12.1 Å². The average molecular weight is 287 g/mol. The molecule has 0 aromatic heterocycles. The number of aliphatic hydroxyl groups excluding tert-OH is 1. The highest BCUT2D eigenvalue weighted by atomic mass is 35.5. The zero-order chi connectivity index (χ0) is 14.0. The van der Waals surface area contributed by atoms with E-state index >= 15 is 0 Å². The molecule has 1 unspecified atom stereocenters. The first-order chi connectivity index (χ1) is 8.99. The Kier molecular flexibility index (Phi) is 4.12. The van der Waals surface area contributed by atoms with E-state index in [1.54, 1.807) is 0 Å². The van der Waals surface area contributed by atoms with Gasteiger partial charge in [-0.3, -0.25) is 0 Å². The molecule has 2 aromatic carbocycles. The van der Waals surface area contributed by atoms with E-state index < -0.39 is 23.6 Å². The minimum absolute atomic E-state index is 0.0174. The number of rotatable bonds is 3. The van der Waals surface area contributed by atoms with Crippen molar-refractivity contribution in [2.75, 3.05) is 0 Å². The minimum Gasteiger partial charge on any atom is -0.388 e. The molecule has 1 nitrogen and oxygen atoms in total. The summed E-state index contributed by atoms with van der Waals surface area (Å²) in [6.45, 7) is 0. The monoisotopic (exact) mass is 286 g/mol. The van der Waals surface area contributed by atoms with Crippen molar-refractivity contribution in [3.63, 3.8) is 0 Å². The Balaban J connectivity index is 2.25. The fourth-order valence-corrected chi connectivity index (χ4v) is 1.97. The van der Waals surface area contributed by atoms with Crippen molar-refractivity contribution < 1.29 is 18.3 Å². The molecule has 100 valence electrons. The normalized spacial score (nSPS) is 12.5. The molecule has 0 aliphatic heterocycles. The van der Waals surface area contributed by atoms with Crippen molar-refractivity contribution >= 4 is 11.6 Å².